The van der Waals surface area contributed by atoms with Crippen LogP contribution in [0.5, 0.6) is 0 Å². The van der Waals surface area contributed by atoms with Crippen LogP contribution in [-0.4, -0.2) is 42.6 Å². The number of hydrogen-bond donors (Lipinski definition) is 1. The van der Waals surface area contributed by atoms with Gasteiger partial charge in [-0.3, -0.25) is 4.79 Å². The molecule has 0 aromatic heterocycles. The highest BCUT2D eigenvalue weighted by Crippen LogP contribution is 2.28. The van der Waals surface area contributed by atoms with E-state index in [1.807, 2.05) is 0 Å². The lowest BCUT2D eigenvalue weighted by Crippen LogP contribution is -2.42. The van der Waals surface area contributed by atoms with Gasteiger partial charge in [0.15, 0.2) is 0 Å². The first-order valence-corrected chi connectivity index (χ1v) is 8.30. The monoisotopic (exact) mass is 275 g/mol. The molecule has 1 saturated carbocycles. The van der Waals surface area contributed by atoms with Crippen molar-refractivity contribution in [3.8, 4) is 0 Å². The van der Waals surface area contributed by atoms with Gasteiger partial charge in [0.1, 0.15) is 0 Å². The van der Waals surface area contributed by atoms with Crippen LogP contribution in [0.4, 0.5) is 0 Å². The van der Waals surface area contributed by atoms with E-state index in [4.69, 9.17) is 5.11 Å². The molecule has 0 atom stereocenters. The minimum atomic E-state index is -3.18. The molecule has 1 aliphatic heterocycles. The molecule has 0 bridgehead atoms. The maximum atomic E-state index is 12.2. The fourth-order valence-electron chi connectivity index (χ4n) is 2.96. The predicted octanol–water partition coefficient (Wildman–Crippen LogP) is 1.30. The first kappa shape index (κ1) is 13.8. The first-order valence-electron chi connectivity index (χ1n) is 6.69. The molecule has 18 heavy (non-hydrogen) atoms. The normalized spacial score (nSPS) is 24.4. The van der Waals surface area contributed by atoms with Crippen molar-refractivity contribution in [2.24, 2.45) is 11.8 Å². The van der Waals surface area contributed by atoms with Crippen molar-refractivity contribution in [2.75, 3.05) is 18.8 Å². The third-order valence-corrected chi connectivity index (χ3v) is 6.16. The Balaban J connectivity index is 1.89. The van der Waals surface area contributed by atoms with Crippen LogP contribution in [0.25, 0.3) is 0 Å². The molecule has 2 aliphatic rings. The molecule has 0 aromatic rings. The van der Waals surface area contributed by atoms with Gasteiger partial charge in [0, 0.05) is 13.1 Å². The van der Waals surface area contributed by atoms with Gasteiger partial charge >= 0.3 is 5.97 Å². The third-order valence-electron chi connectivity index (χ3n) is 4.12. The molecule has 0 radical (unpaired) electrons. The van der Waals surface area contributed by atoms with Gasteiger partial charge in [-0.25, -0.2) is 12.7 Å². The topological polar surface area (TPSA) is 74.7 Å². The SMILES string of the molecule is O=C(O)C1CCN(S(=O)(=O)CC2CCCC2)CC1. The van der Waals surface area contributed by atoms with Gasteiger partial charge in [-0.2, -0.15) is 0 Å². The second kappa shape index (κ2) is 5.57. The number of aliphatic carboxylic acids is 1. The molecule has 0 aromatic carbocycles. The Morgan fingerprint density at radius 2 is 1.67 bits per heavy atom. The van der Waals surface area contributed by atoms with Crippen molar-refractivity contribution in [1.82, 2.24) is 4.31 Å². The highest BCUT2D eigenvalue weighted by atomic mass is 32.2. The van der Waals surface area contributed by atoms with Gasteiger partial charge in [-0.15, -0.1) is 0 Å². The summed E-state index contributed by atoms with van der Waals surface area (Å²) in [4.78, 5) is 10.8. The second-order valence-electron chi connectivity index (χ2n) is 5.44. The number of carboxylic acid groups (broad SMARTS) is 1. The Bertz CT molecular complexity index is 392. The molecule has 6 heteroatoms. The van der Waals surface area contributed by atoms with Crippen LogP contribution in [-0.2, 0) is 14.8 Å². The Morgan fingerprint density at radius 3 is 2.17 bits per heavy atom. The van der Waals surface area contributed by atoms with Gasteiger partial charge in [-0.1, -0.05) is 12.8 Å². The lowest BCUT2D eigenvalue weighted by molar-refractivity contribution is -0.142. The van der Waals surface area contributed by atoms with Crippen LogP contribution in [0.2, 0.25) is 0 Å². The van der Waals surface area contributed by atoms with Crippen molar-refractivity contribution < 1.29 is 18.3 Å². The van der Waals surface area contributed by atoms with Crippen LogP contribution in [0, 0.1) is 11.8 Å². The van der Waals surface area contributed by atoms with E-state index in [0.717, 1.165) is 25.7 Å². The van der Waals surface area contributed by atoms with E-state index in [0.29, 0.717) is 31.8 Å². The summed E-state index contributed by atoms with van der Waals surface area (Å²) in [6, 6.07) is 0. The van der Waals surface area contributed by atoms with Gasteiger partial charge in [-0.05, 0) is 31.6 Å². The summed E-state index contributed by atoms with van der Waals surface area (Å²) in [5.41, 5.74) is 0. The Hall–Kier alpha value is -0.620. The van der Waals surface area contributed by atoms with Crippen molar-refractivity contribution in [3.05, 3.63) is 0 Å². The third kappa shape index (κ3) is 3.23. The lowest BCUT2D eigenvalue weighted by atomic mass is 9.99. The van der Waals surface area contributed by atoms with E-state index in [9.17, 15) is 13.2 Å². The van der Waals surface area contributed by atoms with Crippen LogP contribution in [0.1, 0.15) is 38.5 Å². The zero-order chi connectivity index (χ0) is 13.2. The molecule has 1 N–H and O–H groups in total. The number of hydrogen-bond acceptors (Lipinski definition) is 3. The minimum absolute atomic E-state index is 0.255. The van der Waals surface area contributed by atoms with Gasteiger partial charge < -0.3 is 5.11 Å². The van der Waals surface area contributed by atoms with Gasteiger partial charge in [0.05, 0.1) is 11.7 Å². The Labute approximate surface area is 108 Å². The number of sulfonamides is 1. The standard InChI is InChI=1S/C12H21NO4S/c14-12(15)11-5-7-13(8-6-11)18(16,17)9-10-3-1-2-4-10/h10-11H,1-9H2,(H,14,15). The van der Waals surface area contributed by atoms with Crippen LogP contribution < -0.4 is 0 Å². The maximum Gasteiger partial charge on any atom is 0.306 e. The Morgan fingerprint density at radius 1 is 1.11 bits per heavy atom. The van der Waals surface area contributed by atoms with Gasteiger partial charge in [0.25, 0.3) is 0 Å². The van der Waals surface area contributed by atoms with Crippen LogP contribution in [0.15, 0.2) is 0 Å². The summed E-state index contributed by atoms with van der Waals surface area (Å²) < 4.78 is 25.9. The van der Waals surface area contributed by atoms with E-state index < -0.39 is 16.0 Å². The zero-order valence-corrected chi connectivity index (χ0v) is 11.4. The summed E-state index contributed by atoms with van der Waals surface area (Å²) in [5.74, 6) is -0.608. The molecule has 1 saturated heterocycles. The number of carbonyl (C=O) groups is 1. The Kier molecular flexibility index (Phi) is 4.27. The fraction of sp³-hybridized carbons (Fsp3) is 0.917. The largest absolute Gasteiger partial charge is 0.481 e. The molecule has 2 fully saturated rings. The highest BCUT2D eigenvalue weighted by Gasteiger charge is 2.32. The molecule has 0 unspecified atom stereocenters. The zero-order valence-electron chi connectivity index (χ0n) is 10.5. The maximum absolute atomic E-state index is 12.2. The molecular weight excluding hydrogens is 254 g/mol. The average molecular weight is 275 g/mol. The van der Waals surface area contributed by atoms with E-state index in [1.165, 1.54) is 4.31 Å². The van der Waals surface area contributed by atoms with Crippen molar-refractivity contribution in [3.63, 3.8) is 0 Å². The molecule has 0 spiro atoms. The molecular formula is C12H21NO4S. The van der Waals surface area contributed by atoms with Crippen molar-refractivity contribution >= 4 is 16.0 Å². The van der Waals surface area contributed by atoms with Gasteiger partial charge in [0.2, 0.25) is 10.0 Å². The molecule has 104 valence electrons. The molecule has 1 heterocycles. The van der Waals surface area contributed by atoms with Crippen molar-refractivity contribution in [1.29, 1.82) is 0 Å². The number of nitrogens with zero attached hydrogens (tertiary/aromatic N) is 1. The predicted molar refractivity (Wildman–Crippen MR) is 67.7 cm³/mol. The van der Waals surface area contributed by atoms with Crippen LogP contribution >= 0.6 is 0 Å². The van der Waals surface area contributed by atoms with E-state index >= 15 is 0 Å². The van der Waals surface area contributed by atoms with Crippen LogP contribution in [0.3, 0.4) is 0 Å². The summed E-state index contributed by atoms with van der Waals surface area (Å²) in [6.45, 7) is 0.734. The molecule has 1 aliphatic carbocycles. The fourth-order valence-corrected chi connectivity index (χ4v) is 4.87. The number of rotatable bonds is 4. The highest BCUT2D eigenvalue weighted by molar-refractivity contribution is 7.89. The molecule has 2 rings (SSSR count). The number of carboxylic acids is 1. The summed E-state index contributed by atoms with van der Waals surface area (Å²) in [7, 11) is -3.18. The minimum Gasteiger partial charge on any atom is -0.481 e. The summed E-state index contributed by atoms with van der Waals surface area (Å²) in [5, 5.41) is 8.89. The van der Waals surface area contributed by atoms with E-state index in [2.05, 4.69) is 0 Å². The number of piperidine rings is 1. The molecule has 0 amide bonds. The lowest BCUT2D eigenvalue weighted by Gasteiger charge is -2.30. The average Bonchev–Trinajstić information content (AvgIpc) is 2.81. The van der Waals surface area contributed by atoms with Crippen molar-refractivity contribution in [2.45, 2.75) is 38.5 Å². The summed E-state index contributed by atoms with van der Waals surface area (Å²) >= 11 is 0. The smallest absolute Gasteiger partial charge is 0.306 e. The first-order chi connectivity index (χ1) is 8.49. The van der Waals surface area contributed by atoms with E-state index in [-0.39, 0.29) is 11.7 Å². The summed E-state index contributed by atoms with van der Waals surface area (Å²) in [6.07, 6.45) is 5.21. The quantitative estimate of drug-likeness (QED) is 0.839. The molecule has 5 nitrogen and oxygen atoms in total. The van der Waals surface area contributed by atoms with E-state index in [1.54, 1.807) is 0 Å². The second-order valence-corrected chi connectivity index (χ2v) is 7.45.